The minimum Gasteiger partial charge on any atom is -0.352 e. The van der Waals surface area contributed by atoms with Crippen molar-refractivity contribution in [3.63, 3.8) is 0 Å². The van der Waals surface area contributed by atoms with Gasteiger partial charge in [0.25, 0.3) is 0 Å². The van der Waals surface area contributed by atoms with Gasteiger partial charge in [0.15, 0.2) is 5.69 Å². The van der Waals surface area contributed by atoms with Gasteiger partial charge in [-0.25, -0.2) is 9.97 Å². The van der Waals surface area contributed by atoms with Crippen LogP contribution in [0.3, 0.4) is 0 Å². The summed E-state index contributed by atoms with van der Waals surface area (Å²) in [5.41, 5.74) is -4.27. The summed E-state index contributed by atoms with van der Waals surface area (Å²) >= 11 is 11.8. The number of nitrogens with zero attached hydrogens (tertiary/aromatic N) is 3. The molecule has 0 bridgehead atoms. The van der Waals surface area contributed by atoms with Crippen molar-refractivity contribution in [3.05, 3.63) is 51.3 Å². The Morgan fingerprint density at radius 1 is 1.12 bits per heavy atom. The Morgan fingerprint density at radius 3 is 2.32 bits per heavy atom. The summed E-state index contributed by atoms with van der Waals surface area (Å²) in [5.74, 6) is -1.04. The lowest BCUT2D eigenvalue weighted by atomic mass is 9.79. The zero-order valence-corrected chi connectivity index (χ0v) is 18.9. The van der Waals surface area contributed by atoms with Crippen LogP contribution in [-0.4, -0.2) is 35.1 Å². The molecule has 2 aromatic rings. The highest BCUT2D eigenvalue weighted by Crippen LogP contribution is 2.49. The summed E-state index contributed by atoms with van der Waals surface area (Å²) in [4.78, 5) is 20.3. The highest BCUT2D eigenvalue weighted by atomic mass is 35.5. The number of hydrogen-bond acceptors (Lipinski definition) is 4. The first-order valence-electron chi connectivity index (χ1n) is 10.3. The Labute approximate surface area is 200 Å². The molecule has 2 fully saturated rings. The number of anilines is 1. The number of amides is 1. The number of alkyl halides is 6. The second-order valence-corrected chi connectivity index (χ2v) is 9.32. The Hall–Kier alpha value is -2.27. The van der Waals surface area contributed by atoms with Crippen LogP contribution < -0.4 is 10.2 Å². The fraction of sp³-hybridized carbons (Fsp3) is 0.476. The van der Waals surface area contributed by atoms with E-state index in [9.17, 15) is 31.1 Å². The summed E-state index contributed by atoms with van der Waals surface area (Å²) in [6, 6.07) is 3.60. The van der Waals surface area contributed by atoms with Gasteiger partial charge in [0.05, 0.1) is 0 Å². The molecule has 2 heterocycles. The van der Waals surface area contributed by atoms with Crippen molar-refractivity contribution in [2.45, 2.75) is 43.6 Å². The molecule has 13 heteroatoms. The molecule has 4 rings (SSSR count). The molecule has 0 radical (unpaired) electrons. The monoisotopic (exact) mass is 526 g/mol. The van der Waals surface area contributed by atoms with Gasteiger partial charge in [0, 0.05) is 47.4 Å². The van der Waals surface area contributed by atoms with Crippen LogP contribution in [0, 0.1) is 5.92 Å². The van der Waals surface area contributed by atoms with E-state index < -0.39 is 48.9 Å². The first-order valence-corrected chi connectivity index (χ1v) is 11.0. The van der Waals surface area contributed by atoms with E-state index in [0.717, 1.165) is 23.2 Å². The van der Waals surface area contributed by atoms with Gasteiger partial charge in [0.1, 0.15) is 5.41 Å². The molecule has 1 aromatic heterocycles. The smallest absolute Gasteiger partial charge is 0.352 e. The van der Waals surface area contributed by atoms with E-state index in [1.807, 2.05) is 0 Å². The fourth-order valence-corrected chi connectivity index (χ4v) is 4.56. The van der Waals surface area contributed by atoms with Gasteiger partial charge >= 0.3 is 12.4 Å². The summed E-state index contributed by atoms with van der Waals surface area (Å²) in [6.45, 7) is -1.38. The van der Waals surface area contributed by atoms with Crippen LogP contribution in [0.5, 0.6) is 0 Å². The van der Waals surface area contributed by atoms with Crippen molar-refractivity contribution in [1.82, 2.24) is 15.3 Å². The van der Waals surface area contributed by atoms with Gasteiger partial charge in [-0.2, -0.15) is 26.3 Å². The quantitative estimate of drug-likeness (QED) is 0.520. The Kier molecular flexibility index (Phi) is 6.39. The summed E-state index contributed by atoms with van der Waals surface area (Å²) in [5, 5.41) is 2.44. The second-order valence-electron chi connectivity index (χ2n) is 8.44. The van der Waals surface area contributed by atoms with Gasteiger partial charge in [-0.15, -0.1) is 0 Å². The summed E-state index contributed by atoms with van der Waals surface area (Å²) in [6.07, 6.45) is -7.82. The van der Waals surface area contributed by atoms with Crippen molar-refractivity contribution in [1.29, 1.82) is 0 Å². The van der Waals surface area contributed by atoms with Gasteiger partial charge in [-0.3, -0.25) is 4.79 Å². The third-order valence-corrected chi connectivity index (χ3v) is 6.47. The Balaban J connectivity index is 1.64. The minimum atomic E-state index is -4.89. The molecule has 1 amide bonds. The van der Waals surface area contributed by atoms with Gasteiger partial charge < -0.3 is 10.2 Å². The van der Waals surface area contributed by atoms with E-state index in [1.165, 1.54) is 6.07 Å². The molecule has 1 saturated carbocycles. The molecular formula is C21H18Cl2F6N4O. The highest BCUT2D eigenvalue weighted by molar-refractivity contribution is 6.34. The van der Waals surface area contributed by atoms with E-state index in [1.54, 1.807) is 0 Å². The van der Waals surface area contributed by atoms with Crippen molar-refractivity contribution in [2.24, 2.45) is 5.92 Å². The van der Waals surface area contributed by atoms with Crippen LogP contribution in [0.25, 0.3) is 0 Å². The lowest BCUT2D eigenvalue weighted by Crippen LogP contribution is -2.45. The van der Waals surface area contributed by atoms with E-state index in [4.69, 9.17) is 23.2 Å². The largest absolute Gasteiger partial charge is 0.433 e. The summed E-state index contributed by atoms with van der Waals surface area (Å²) < 4.78 is 83.8. The number of rotatable bonds is 5. The fourth-order valence-electron chi connectivity index (χ4n) is 4.04. The van der Waals surface area contributed by atoms with Crippen LogP contribution in [-0.2, 0) is 22.9 Å². The van der Waals surface area contributed by atoms with E-state index in [0.29, 0.717) is 12.8 Å². The maximum Gasteiger partial charge on any atom is 0.433 e. The topological polar surface area (TPSA) is 58.1 Å². The molecule has 1 aliphatic heterocycles. The second kappa shape index (κ2) is 8.75. The molecule has 1 atom stereocenters. The van der Waals surface area contributed by atoms with Crippen molar-refractivity contribution >= 4 is 35.1 Å². The number of hydrogen-bond donors (Lipinski definition) is 1. The maximum atomic E-state index is 14.3. The molecule has 0 spiro atoms. The van der Waals surface area contributed by atoms with Crippen LogP contribution in [0.2, 0.25) is 10.0 Å². The lowest BCUT2D eigenvalue weighted by molar-refractivity contribution is -0.184. The number of carbonyl (C=O) groups is 1. The third kappa shape index (κ3) is 4.91. The molecule has 1 saturated heterocycles. The number of halogens is 8. The van der Waals surface area contributed by atoms with Crippen LogP contribution in [0.15, 0.2) is 24.4 Å². The van der Waals surface area contributed by atoms with Crippen molar-refractivity contribution < 1.29 is 31.1 Å². The molecule has 1 N–H and O–H groups in total. The zero-order chi connectivity index (χ0) is 24.9. The number of nitrogens with one attached hydrogen (secondary N) is 1. The predicted octanol–water partition coefficient (Wildman–Crippen LogP) is 5.54. The maximum absolute atomic E-state index is 14.3. The van der Waals surface area contributed by atoms with E-state index >= 15 is 0 Å². The molecule has 1 aliphatic carbocycles. The third-order valence-electron chi connectivity index (χ3n) is 6.03. The average Bonchev–Trinajstić information content (AvgIpc) is 3.47. The van der Waals surface area contributed by atoms with Crippen LogP contribution in [0.4, 0.5) is 32.3 Å². The number of aromatic nitrogens is 2. The highest BCUT2D eigenvalue weighted by Gasteiger charge is 2.59. The Bertz CT molecular complexity index is 1090. The van der Waals surface area contributed by atoms with E-state index in [2.05, 4.69) is 15.3 Å². The van der Waals surface area contributed by atoms with Gasteiger partial charge in [0.2, 0.25) is 11.9 Å². The lowest BCUT2D eigenvalue weighted by Gasteiger charge is -2.32. The molecule has 1 unspecified atom stereocenters. The van der Waals surface area contributed by atoms with Crippen LogP contribution >= 0.6 is 23.2 Å². The molecule has 1 aromatic carbocycles. The Morgan fingerprint density at radius 2 is 1.76 bits per heavy atom. The standard InChI is InChI=1S/C21H18Cl2F6N4O/c22-14-5-13(6-15(23)7-14)19(21(27,28)29)3-4-33(10-19)18-31-9-12(16(32-18)20(24,25)26)8-30-17(34)11-1-2-11/h5-7,9,11H,1-4,8,10H2,(H,30,34). The zero-order valence-electron chi connectivity index (χ0n) is 17.4. The van der Waals surface area contributed by atoms with Crippen molar-refractivity contribution in [2.75, 3.05) is 18.0 Å². The first kappa shape index (κ1) is 24.8. The first-order chi connectivity index (χ1) is 15.8. The van der Waals surface area contributed by atoms with Gasteiger partial charge in [-0.1, -0.05) is 23.2 Å². The molecular weight excluding hydrogens is 509 g/mol. The summed E-state index contributed by atoms with van der Waals surface area (Å²) in [7, 11) is 0. The molecule has 184 valence electrons. The minimum absolute atomic E-state index is 0.0118. The normalized spacial score (nSPS) is 21.1. The predicted molar refractivity (Wildman–Crippen MR) is 113 cm³/mol. The molecule has 2 aliphatic rings. The SMILES string of the molecule is O=C(NCc1cnc(N2CCC(c3cc(Cl)cc(Cl)c3)(C(F)(F)F)C2)nc1C(F)(F)F)C1CC1. The van der Waals surface area contributed by atoms with Crippen molar-refractivity contribution in [3.8, 4) is 0 Å². The number of carbonyl (C=O) groups excluding carboxylic acids is 1. The van der Waals surface area contributed by atoms with E-state index in [-0.39, 0.29) is 39.5 Å². The average molecular weight is 527 g/mol. The molecule has 34 heavy (non-hydrogen) atoms. The number of benzene rings is 1. The van der Waals surface area contributed by atoms with Crippen LogP contribution in [0.1, 0.15) is 36.1 Å². The van der Waals surface area contributed by atoms with Gasteiger partial charge in [-0.05, 0) is 43.0 Å². The molecule has 5 nitrogen and oxygen atoms in total.